The molecular formula is C84H150N4O3. The highest BCUT2D eigenvalue weighted by Gasteiger charge is 2.10. The summed E-state index contributed by atoms with van der Waals surface area (Å²) in [7, 11) is 0. The molecule has 0 saturated carbocycles. The van der Waals surface area contributed by atoms with Gasteiger partial charge >= 0.3 is 0 Å². The largest absolute Gasteiger partial charge is 0.395 e. The van der Waals surface area contributed by atoms with Gasteiger partial charge in [0.05, 0.1) is 38.1 Å². The second kappa shape index (κ2) is 78.7. The number of hydrogen-bond acceptors (Lipinski definition) is 5. The monoisotopic (exact) mass is 1260 g/mol. The maximum atomic E-state index is 10.3. The molecule has 2 heterocycles. The molecule has 0 aliphatic rings. The number of hydrogen-bond donors (Lipinski definition) is 2. The number of aromatic nitrogens is 4. The van der Waals surface area contributed by atoms with Gasteiger partial charge in [0, 0.05) is 37.9 Å². The van der Waals surface area contributed by atoms with E-state index in [1.807, 2.05) is 29.5 Å². The highest BCUT2D eigenvalue weighted by Crippen LogP contribution is 2.19. The van der Waals surface area contributed by atoms with Crippen LogP contribution in [0.3, 0.4) is 0 Å². The predicted octanol–water partition coefficient (Wildman–Crippen LogP) is 26.3. The van der Waals surface area contributed by atoms with Crippen molar-refractivity contribution in [2.45, 2.75) is 387 Å². The summed E-state index contributed by atoms with van der Waals surface area (Å²) in [6.07, 6.45) is 116. The topological polar surface area (TPSA) is 85.3 Å². The van der Waals surface area contributed by atoms with Gasteiger partial charge in [0.1, 0.15) is 0 Å². The normalized spacial score (nSPS) is 12.2. The zero-order valence-corrected chi connectivity index (χ0v) is 60.5. The highest BCUT2D eigenvalue weighted by molar-refractivity contribution is 4.95. The lowest BCUT2D eigenvalue weighted by Gasteiger charge is -2.18. The minimum Gasteiger partial charge on any atom is -0.395 e. The molecule has 0 amide bonds. The average Bonchev–Trinajstić information content (AvgIpc) is 4.36. The van der Waals surface area contributed by atoms with Crippen molar-refractivity contribution in [3.8, 4) is 0 Å². The first kappa shape index (κ1) is 87.2. The van der Waals surface area contributed by atoms with Crippen molar-refractivity contribution in [1.82, 2.24) is 19.1 Å². The summed E-state index contributed by atoms with van der Waals surface area (Å²) in [6.45, 7) is 11.6. The number of nitrogens with zero attached hydrogens (tertiary/aromatic N) is 4. The Hall–Kier alpha value is -3.78. The van der Waals surface area contributed by atoms with Crippen LogP contribution >= 0.6 is 0 Å². The van der Waals surface area contributed by atoms with Gasteiger partial charge in [0.2, 0.25) is 0 Å². The molecule has 0 aliphatic heterocycles. The van der Waals surface area contributed by atoms with Crippen molar-refractivity contribution < 1.29 is 14.9 Å². The van der Waals surface area contributed by atoms with E-state index in [2.05, 4.69) is 139 Å². The molecule has 7 nitrogen and oxygen atoms in total. The number of aliphatic hydroxyl groups excluding tert-OH is 2. The first-order valence-electron chi connectivity index (χ1n) is 39.1. The molecule has 0 fully saturated rings. The molecule has 2 aromatic rings. The van der Waals surface area contributed by atoms with E-state index < -0.39 is 0 Å². The number of unbranched alkanes of at least 4 members (excludes halogenated alkanes) is 36. The number of aliphatic hydroxyl groups is 2. The van der Waals surface area contributed by atoms with E-state index in [4.69, 9.17) is 9.84 Å². The van der Waals surface area contributed by atoms with Crippen LogP contribution in [-0.2, 0) is 17.8 Å². The van der Waals surface area contributed by atoms with Crippen molar-refractivity contribution >= 4 is 0 Å². The van der Waals surface area contributed by atoms with Crippen LogP contribution in [-0.4, -0.2) is 54.7 Å². The van der Waals surface area contributed by atoms with Crippen molar-refractivity contribution in [2.75, 3.05) is 13.2 Å². The smallest absolute Gasteiger partial charge is 0.0946 e. The summed E-state index contributed by atoms with van der Waals surface area (Å²) < 4.78 is 10.3. The lowest BCUT2D eigenvalue weighted by atomic mass is 10.0. The second-order valence-electron chi connectivity index (χ2n) is 26.0. The summed E-state index contributed by atoms with van der Waals surface area (Å²) in [5.74, 6) is 0. The minimum atomic E-state index is -0.0633. The fourth-order valence-electron chi connectivity index (χ4n) is 11.2. The van der Waals surface area contributed by atoms with Crippen molar-refractivity contribution in [1.29, 1.82) is 0 Å². The van der Waals surface area contributed by atoms with E-state index in [1.54, 1.807) is 12.5 Å². The van der Waals surface area contributed by atoms with Crippen LogP contribution in [0, 0.1) is 0 Å². The van der Waals surface area contributed by atoms with E-state index >= 15 is 0 Å². The highest BCUT2D eigenvalue weighted by atomic mass is 16.5. The van der Waals surface area contributed by atoms with Crippen LogP contribution in [0.15, 0.2) is 135 Å². The molecule has 0 aliphatic carbocycles. The molecule has 91 heavy (non-hydrogen) atoms. The van der Waals surface area contributed by atoms with E-state index in [0.29, 0.717) is 12.6 Å². The van der Waals surface area contributed by atoms with Gasteiger partial charge in [-0.2, -0.15) is 0 Å². The van der Waals surface area contributed by atoms with Crippen molar-refractivity contribution in [3.05, 3.63) is 135 Å². The summed E-state index contributed by atoms with van der Waals surface area (Å²) in [4.78, 5) is 7.96. The summed E-state index contributed by atoms with van der Waals surface area (Å²) in [6, 6.07) is 0. The number of rotatable bonds is 66. The van der Waals surface area contributed by atoms with Crippen molar-refractivity contribution in [3.63, 3.8) is 0 Å². The Labute approximate surface area is 565 Å². The molecule has 0 atom stereocenters. The number of allylic oxidation sites excluding steroid dienone is 16. The van der Waals surface area contributed by atoms with E-state index in [-0.39, 0.29) is 12.7 Å². The van der Waals surface area contributed by atoms with Gasteiger partial charge in [-0.1, -0.05) is 305 Å². The van der Waals surface area contributed by atoms with Gasteiger partial charge in [-0.15, -0.1) is 0 Å². The molecule has 2 rings (SSSR count). The van der Waals surface area contributed by atoms with Crippen LogP contribution in [0.1, 0.15) is 362 Å². The SMILES string of the molecule is CCCCC/C=C\C/C=C\CCCCCCCCC(CCCCCCCC/C=C\C/C=C\CCCCC)OCCn1ccnc1.CCCCC/C=C\C/C=C\CCCCCCCCC(O)CCCCCCCC/C=C\C/C=C\CCCCC.OCCn1ccnc1. The first-order valence-corrected chi connectivity index (χ1v) is 39.1. The third-order valence-electron chi connectivity index (χ3n) is 17.1. The molecule has 524 valence electrons. The second-order valence-corrected chi connectivity index (χ2v) is 26.0. The van der Waals surface area contributed by atoms with Gasteiger partial charge in [-0.3, -0.25) is 0 Å². The molecular weight excluding hydrogens is 1110 g/mol. The Morgan fingerprint density at radius 3 is 0.835 bits per heavy atom. The molecule has 0 aromatic carbocycles. The zero-order chi connectivity index (χ0) is 65.6. The van der Waals surface area contributed by atoms with Crippen LogP contribution in [0.25, 0.3) is 0 Å². The number of imidazole rings is 2. The molecule has 0 bridgehead atoms. The Bertz CT molecular complexity index is 1780. The molecule has 2 N–H and O–H groups in total. The Morgan fingerprint density at radius 1 is 0.319 bits per heavy atom. The lowest BCUT2D eigenvalue weighted by Crippen LogP contribution is -2.16. The predicted molar refractivity (Wildman–Crippen MR) is 403 cm³/mol. The lowest BCUT2D eigenvalue weighted by molar-refractivity contribution is 0.0333. The molecule has 0 saturated heterocycles. The number of ether oxygens (including phenoxy) is 1. The van der Waals surface area contributed by atoms with Crippen LogP contribution in [0.5, 0.6) is 0 Å². The quantitative estimate of drug-likeness (QED) is 0.0509. The van der Waals surface area contributed by atoms with Gasteiger partial charge in [0.25, 0.3) is 0 Å². The summed E-state index contributed by atoms with van der Waals surface area (Å²) in [5, 5.41) is 18.6. The van der Waals surface area contributed by atoms with Gasteiger partial charge < -0.3 is 24.1 Å². The third-order valence-corrected chi connectivity index (χ3v) is 17.1. The maximum absolute atomic E-state index is 10.3. The fourth-order valence-corrected chi connectivity index (χ4v) is 11.2. The van der Waals surface area contributed by atoms with Gasteiger partial charge in [-0.05, 0) is 154 Å². The van der Waals surface area contributed by atoms with Gasteiger partial charge in [0.15, 0.2) is 0 Å². The first-order chi connectivity index (χ1) is 45.1. The summed E-state index contributed by atoms with van der Waals surface area (Å²) in [5.41, 5.74) is 0. The van der Waals surface area contributed by atoms with E-state index in [1.165, 1.54) is 295 Å². The van der Waals surface area contributed by atoms with Gasteiger partial charge in [-0.25, -0.2) is 9.97 Å². The molecule has 2 aromatic heterocycles. The van der Waals surface area contributed by atoms with Crippen LogP contribution in [0.2, 0.25) is 0 Å². The maximum Gasteiger partial charge on any atom is 0.0946 e. The Balaban J connectivity index is 0.00000160. The van der Waals surface area contributed by atoms with Crippen LogP contribution in [0.4, 0.5) is 0 Å². The van der Waals surface area contributed by atoms with E-state index in [9.17, 15) is 5.11 Å². The summed E-state index contributed by atoms with van der Waals surface area (Å²) >= 11 is 0. The molecule has 0 radical (unpaired) electrons. The average molecular weight is 1260 g/mol. The molecule has 0 unspecified atom stereocenters. The zero-order valence-electron chi connectivity index (χ0n) is 60.5. The standard InChI is InChI=1S/C42H74N2O.C37H68O.C5H8N2O/c1-3-5-7-9-11-13-15-17-19-21-23-25-27-29-31-33-35-42(45-40-39-44-38-37-43-41-44)36-34-32-30-28-26-24-22-20-18-16-14-12-10-8-6-4-2;1-3-5-7-9-11-13-15-17-19-21-23-25-27-29-31-33-35-37(38)36-34-32-30-28-26-24-22-20-18-16-14-12-10-8-6-4-2;8-4-3-7-2-1-6-5-7/h11-14,17-20,37-38,41-42H,3-10,15-16,21-36,39-40H2,1-2H3;11-14,17-20,37-38H,3-10,15-16,21-36H2,1-2H3;1-2,5,8H,3-4H2/b2*13-11-,14-12-,19-17-,20-18-;. The Kier molecular flexibility index (Phi) is 75.4. The minimum absolute atomic E-state index is 0.0633. The third kappa shape index (κ3) is 73.5. The fraction of sp³-hybridized carbons (Fsp3) is 0.738. The Morgan fingerprint density at radius 2 is 0.571 bits per heavy atom. The molecule has 0 spiro atoms. The van der Waals surface area contributed by atoms with Crippen LogP contribution < -0.4 is 0 Å². The van der Waals surface area contributed by atoms with Crippen molar-refractivity contribution in [2.24, 2.45) is 0 Å². The van der Waals surface area contributed by atoms with E-state index in [0.717, 1.165) is 51.7 Å². The molecule has 7 heteroatoms.